The second-order valence-electron chi connectivity index (χ2n) is 4.59. The smallest absolute Gasteiger partial charge is 0.190 e. The molecule has 0 N–H and O–H groups in total. The summed E-state index contributed by atoms with van der Waals surface area (Å²) >= 11 is 1.32. The molecule has 2 rings (SSSR count). The zero-order valence-electron chi connectivity index (χ0n) is 12.4. The molecule has 2 aromatic rings. The minimum Gasteiger partial charge on any atom is -0.490 e. The van der Waals surface area contributed by atoms with Gasteiger partial charge < -0.3 is 9.47 Å². The van der Waals surface area contributed by atoms with Crippen molar-refractivity contribution in [1.82, 2.24) is 4.98 Å². The van der Waals surface area contributed by atoms with Gasteiger partial charge in [0.15, 0.2) is 11.7 Å². The molecule has 1 aromatic carbocycles. The molecule has 0 saturated heterocycles. The highest BCUT2D eigenvalue weighted by molar-refractivity contribution is 7.10. The van der Waals surface area contributed by atoms with Crippen molar-refractivity contribution < 1.29 is 14.3 Å². The third-order valence-corrected chi connectivity index (χ3v) is 4.00. The number of benzene rings is 1. The van der Waals surface area contributed by atoms with Crippen molar-refractivity contribution in [3.8, 4) is 11.8 Å². The number of Topliss-reactive ketones (excluding diaryl/α,β-unsaturated/α-hetero) is 1. The molecule has 0 fully saturated rings. The van der Waals surface area contributed by atoms with Gasteiger partial charge in [0.2, 0.25) is 0 Å². The molecule has 0 spiro atoms. The van der Waals surface area contributed by atoms with Crippen molar-refractivity contribution in [1.29, 1.82) is 5.26 Å². The molecule has 0 aliphatic rings. The first-order valence-corrected chi connectivity index (χ1v) is 7.62. The molecule has 6 heteroatoms. The van der Waals surface area contributed by atoms with Gasteiger partial charge >= 0.3 is 0 Å². The lowest BCUT2D eigenvalue weighted by Gasteiger charge is -2.12. The van der Waals surface area contributed by atoms with E-state index in [1.165, 1.54) is 11.3 Å². The Morgan fingerprint density at radius 3 is 2.82 bits per heavy atom. The van der Waals surface area contributed by atoms with E-state index in [4.69, 9.17) is 9.47 Å². The molecule has 22 heavy (non-hydrogen) atoms. The third kappa shape index (κ3) is 3.70. The van der Waals surface area contributed by atoms with Gasteiger partial charge in [0.05, 0.1) is 18.2 Å². The van der Waals surface area contributed by atoms with Crippen molar-refractivity contribution >= 4 is 17.1 Å². The van der Waals surface area contributed by atoms with Gasteiger partial charge in [0, 0.05) is 18.2 Å². The average Bonchev–Trinajstić information content (AvgIpc) is 2.95. The van der Waals surface area contributed by atoms with Crippen LogP contribution in [0.3, 0.4) is 0 Å². The number of rotatable bonds is 7. The van der Waals surface area contributed by atoms with Crippen LogP contribution in [0.25, 0.3) is 0 Å². The number of ether oxygens (including phenoxy) is 2. The van der Waals surface area contributed by atoms with Crippen LogP contribution in [-0.2, 0) is 4.74 Å². The van der Waals surface area contributed by atoms with Crippen LogP contribution in [0.5, 0.6) is 5.75 Å². The van der Waals surface area contributed by atoms with Gasteiger partial charge in [-0.25, -0.2) is 4.98 Å². The Hall–Kier alpha value is -2.23. The zero-order chi connectivity index (χ0) is 15.9. The number of thiazole rings is 1. The lowest BCUT2D eigenvalue weighted by molar-refractivity contribution is 0.0971. The summed E-state index contributed by atoms with van der Waals surface area (Å²) < 4.78 is 10.5. The van der Waals surface area contributed by atoms with Crippen LogP contribution in [0.2, 0.25) is 0 Å². The molecule has 0 aliphatic heterocycles. The monoisotopic (exact) mass is 316 g/mol. The van der Waals surface area contributed by atoms with Gasteiger partial charge in [-0.1, -0.05) is 12.1 Å². The maximum Gasteiger partial charge on any atom is 0.190 e. The van der Waals surface area contributed by atoms with E-state index in [1.54, 1.807) is 31.4 Å². The Bertz CT molecular complexity index is 691. The number of aromatic nitrogens is 1. The SMILES string of the molecule is COCCOc1ccccc1C(=O)[C@@H](C#N)c1nc(C)cs1. The quantitative estimate of drug-likeness (QED) is 0.580. The van der Waals surface area contributed by atoms with Crippen molar-refractivity contribution in [3.63, 3.8) is 0 Å². The highest BCUT2D eigenvalue weighted by Crippen LogP contribution is 2.28. The average molecular weight is 316 g/mol. The first-order valence-electron chi connectivity index (χ1n) is 6.74. The van der Waals surface area contributed by atoms with Crippen LogP contribution < -0.4 is 4.74 Å². The van der Waals surface area contributed by atoms with E-state index >= 15 is 0 Å². The second-order valence-corrected chi connectivity index (χ2v) is 5.48. The summed E-state index contributed by atoms with van der Waals surface area (Å²) in [5, 5.41) is 11.7. The van der Waals surface area contributed by atoms with E-state index in [2.05, 4.69) is 4.98 Å². The van der Waals surface area contributed by atoms with Gasteiger partial charge in [-0.3, -0.25) is 4.79 Å². The minimum atomic E-state index is -0.911. The highest BCUT2D eigenvalue weighted by atomic mass is 32.1. The maximum atomic E-state index is 12.7. The van der Waals surface area contributed by atoms with Crippen molar-refractivity contribution in [2.75, 3.05) is 20.3 Å². The Balaban J connectivity index is 2.26. The number of nitriles is 1. The summed E-state index contributed by atoms with van der Waals surface area (Å²) in [6.07, 6.45) is 0. The Kier molecular flexibility index (Phi) is 5.64. The number of ketones is 1. The number of aryl methyl sites for hydroxylation is 1. The third-order valence-electron chi connectivity index (χ3n) is 2.97. The predicted molar refractivity (Wildman–Crippen MR) is 83.3 cm³/mol. The fourth-order valence-corrected chi connectivity index (χ4v) is 2.75. The van der Waals surface area contributed by atoms with Crippen LogP contribution in [0.1, 0.15) is 27.0 Å². The summed E-state index contributed by atoms with van der Waals surface area (Å²) in [5.41, 5.74) is 1.19. The van der Waals surface area contributed by atoms with Crippen LogP contribution in [0.4, 0.5) is 0 Å². The van der Waals surface area contributed by atoms with Gasteiger partial charge in [0.1, 0.15) is 17.4 Å². The molecule has 1 aromatic heterocycles. The second kappa shape index (κ2) is 7.69. The highest BCUT2D eigenvalue weighted by Gasteiger charge is 2.26. The number of carbonyl (C=O) groups excluding carboxylic acids is 1. The number of nitrogens with zero attached hydrogens (tertiary/aromatic N) is 2. The topological polar surface area (TPSA) is 72.2 Å². The largest absolute Gasteiger partial charge is 0.490 e. The van der Waals surface area contributed by atoms with Crippen LogP contribution in [-0.4, -0.2) is 31.1 Å². The number of para-hydroxylation sites is 1. The number of methoxy groups -OCH3 is 1. The molecule has 0 bridgehead atoms. The fourth-order valence-electron chi connectivity index (χ4n) is 1.92. The minimum absolute atomic E-state index is 0.301. The van der Waals surface area contributed by atoms with E-state index in [9.17, 15) is 10.1 Å². The van der Waals surface area contributed by atoms with E-state index in [0.29, 0.717) is 29.5 Å². The molecule has 5 nitrogen and oxygen atoms in total. The molecule has 0 aliphatic carbocycles. The lowest BCUT2D eigenvalue weighted by atomic mass is 9.98. The molecule has 114 valence electrons. The number of carbonyl (C=O) groups is 1. The molecular weight excluding hydrogens is 300 g/mol. The van der Waals surface area contributed by atoms with Crippen LogP contribution in [0, 0.1) is 18.3 Å². The van der Waals surface area contributed by atoms with Gasteiger partial charge in [-0.05, 0) is 19.1 Å². The summed E-state index contributed by atoms with van der Waals surface area (Å²) in [5.74, 6) is -0.756. The standard InChI is InChI=1S/C16H16N2O3S/c1-11-10-22-16(18-11)13(9-17)15(19)12-5-3-4-6-14(12)21-8-7-20-2/h3-6,10,13H,7-8H2,1-2H3/t13-/m1/s1. The first kappa shape index (κ1) is 16.1. The predicted octanol–water partition coefficient (Wildman–Crippen LogP) is 2.97. The molecule has 0 saturated carbocycles. The Morgan fingerprint density at radius 2 is 2.18 bits per heavy atom. The van der Waals surface area contributed by atoms with Crippen molar-refractivity contribution in [3.05, 3.63) is 45.9 Å². The molecule has 1 atom stereocenters. The molecule has 0 amide bonds. The summed E-state index contributed by atoms with van der Waals surface area (Å²) in [7, 11) is 1.58. The van der Waals surface area contributed by atoms with E-state index in [-0.39, 0.29) is 5.78 Å². The zero-order valence-corrected chi connectivity index (χ0v) is 13.2. The van der Waals surface area contributed by atoms with Crippen LogP contribution in [0.15, 0.2) is 29.6 Å². The van der Waals surface area contributed by atoms with Gasteiger partial charge in [-0.2, -0.15) is 5.26 Å². The summed E-state index contributed by atoms with van der Waals surface area (Å²) in [6, 6.07) is 8.95. The molecular formula is C16H16N2O3S. The maximum absolute atomic E-state index is 12.7. The number of hydrogen-bond donors (Lipinski definition) is 0. The van der Waals surface area contributed by atoms with E-state index in [1.807, 2.05) is 18.4 Å². The van der Waals surface area contributed by atoms with E-state index in [0.717, 1.165) is 5.69 Å². The van der Waals surface area contributed by atoms with Gasteiger partial charge in [0.25, 0.3) is 0 Å². The molecule has 0 unspecified atom stereocenters. The van der Waals surface area contributed by atoms with Gasteiger partial charge in [-0.15, -0.1) is 11.3 Å². The van der Waals surface area contributed by atoms with Crippen molar-refractivity contribution in [2.45, 2.75) is 12.8 Å². The fraction of sp³-hybridized carbons (Fsp3) is 0.312. The molecule has 0 radical (unpaired) electrons. The number of hydrogen-bond acceptors (Lipinski definition) is 6. The normalized spacial score (nSPS) is 11.7. The first-order chi connectivity index (χ1) is 10.7. The van der Waals surface area contributed by atoms with Crippen LogP contribution >= 0.6 is 11.3 Å². The Labute approximate surface area is 133 Å². The van der Waals surface area contributed by atoms with E-state index < -0.39 is 5.92 Å². The summed E-state index contributed by atoms with van der Waals surface area (Å²) in [6.45, 7) is 2.60. The molecule has 1 heterocycles. The lowest BCUT2D eigenvalue weighted by Crippen LogP contribution is -2.14. The summed E-state index contributed by atoms with van der Waals surface area (Å²) in [4.78, 5) is 16.9. The Morgan fingerprint density at radius 1 is 1.41 bits per heavy atom. The van der Waals surface area contributed by atoms with Crippen molar-refractivity contribution in [2.24, 2.45) is 0 Å².